The molecule has 6 heteroatoms. The summed E-state index contributed by atoms with van der Waals surface area (Å²) in [5.41, 5.74) is -0.503. The maximum Gasteiger partial charge on any atom is 0.321 e. The van der Waals surface area contributed by atoms with Gasteiger partial charge in [0.05, 0.1) is 10.5 Å². The molecule has 0 aliphatic rings. The second-order valence-electron chi connectivity index (χ2n) is 4.92. The third-order valence-electron chi connectivity index (χ3n) is 1.84. The number of ether oxygens (including phenoxy) is 2. The van der Waals surface area contributed by atoms with E-state index in [-0.39, 0.29) is 0 Å². The summed E-state index contributed by atoms with van der Waals surface area (Å²) in [5.74, 6) is -1.04. The first-order valence-electron chi connectivity index (χ1n) is 5.33. The van der Waals surface area contributed by atoms with Gasteiger partial charge in [-0.3, -0.25) is 9.59 Å². The van der Waals surface area contributed by atoms with E-state index in [1.807, 2.05) is 20.8 Å². The van der Waals surface area contributed by atoms with E-state index in [2.05, 4.69) is 25.3 Å². The summed E-state index contributed by atoms with van der Waals surface area (Å²) in [6, 6.07) is 0. The molecule has 100 valence electrons. The molecule has 2 atom stereocenters. The average Bonchev–Trinajstić information content (AvgIpc) is 2.14. The van der Waals surface area contributed by atoms with Crippen LogP contribution in [-0.4, -0.2) is 28.7 Å². The van der Waals surface area contributed by atoms with Gasteiger partial charge in [0, 0.05) is 5.41 Å². The van der Waals surface area contributed by atoms with Crippen molar-refractivity contribution in [2.24, 2.45) is 5.41 Å². The third-order valence-corrected chi connectivity index (χ3v) is 2.26. The highest BCUT2D eigenvalue weighted by Gasteiger charge is 2.33. The minimum absolute atomic E-state index is 0.503. The summed E-state index contributed by atoms with van der Waals surface area (Å²) in [6.07, 6.45) is -0.938. The Bertz CT molecular complexity index is 260. The molecule has 0 amide bonds. The normalized spacial score (nSPS) is 16.9. The number of rotatable bonds is 4. The molecule has 0 rings (SSSR count). The van der Waals surface area contributed by atoms with Crippen LogP contribution in [0.5, 0.6) is 0 Å². The maximum atomic E-state index is 11.4. The Balaban J connectivity index is 4.68. The van der Waals surface area contributed by atoms with Gasteiger partial charge in [-0.1, -0.05) is 20.8 Å². The Morgan fingerprint density at radius 1 is 0.941 bits per heavy atom. The van der Waals surface area contributed by atoms with Gasteiger partial charge >= 0.3 is 11.9 Å². The van der Waals surface area contributed by atoms with Crippen LogP contribution < -0.4 is 0 Å². The summed E-state index contributed by atoms with van der Waals surface area (Å²) in [4.78, 5) is 22.9. The Morgan fingerprint density at radius 2 is 1.24 bits per heavy atom. The van der Waals surface area contributed by atoms with Gasteiger partial charge in [-0.2, -0.15) is 25.3 Å². The number of esters is 2. The fourth-order valence-electron chi connectivity index (χ4n) is 0.786. The molecule has 2 unspecified atom stereocenters. The van der Waals surface area contributed by atoms with Crippen molar-refractivity contribution in [2.75, 3.05) is 0 Å². The van der Waals surface area contributed by atoms with Gasteiger partial charge in [0.2, 0.25) is 0 Å². The lowest BCUT2D eigenvalue weighted by molar-refractivity contribution is -0.206. The maximum absolute atomic E-state index is 11.4. The molecule has 0 aromatic carbocycles. The van der Waals surface area contributed by atoms with E-state index in [4.69, 9.17) is 9.47 Å². The second kappa shape index (κ2) is 6.54. The number of carbonyl (C=O) groups is 2. The van der Waals surface area contributed by atoms with Crippen LogP contribution in [-0.2, 0) is 19.1 Å². The molecule has 0 N–H and O–H groups in total. The highest BCUT2D eigenvalue weighted by molar-refractivity contribution is 7.82. The summed E-state index contributed by atoms with van der Waals surface area (Å²) in [5, 5.41) is -1.13. The van der Waals surface area contributed by atoms with E-state index >= 15 is 0 Å². The molecule has 4 nitrogen and oxygen atoms in total. The fourth-order valence-corrected chi connectivity index (χ4v) is 0.907. The summed E-state index contributed by atoms with van der Waals surface area (Å²) < 4.78 is 10.2. The number of hydrogen-bond acceptors (Lipinski definition) is 6. The topological polar surface area (TPSA) is 52.6 Å². The average molecular weight is 280 g/mol. The van der Waals surface area contributed by atoms with Crippen LogP contribution in [0.3, 0.4) is 0 Å². The van der Waals surface area contributed by atoms with E-state index in [1.54, 1.807) is 13.8 Å². The molecule has 0 heterocycles. The van der Waals surface area contributed by atoms with Crippen molar-refractivity contribution in [3.05, 3.63) is 0 Å². The Morgan fingerprint density at radius 3 is 1.41 bits per heavy atom. The van der Waals surface area contributed by atoms with E-state index in [9.17, 15) is 9.59 Å². The lowest BCUT2D eigenvalue weighted by Gasteiger charge is -2.30. The Hall–Kier alpha value is -0.360. The predicted octanol–water partition coefficient (Wildman–Crippen LogP) is 2.08. The molecule has 0 bridgehead atoms. The van der Waals surface area contributed by atoms with Gasteiger partial charge in [0.25, 0.3) is 6.29 Å². The van der Waals surface area contributed by atoms with Gasteiger partial charge in [-0.25, -0.2) is 0 Å². The van der Waals surface area contributed by atoms with Crippen molar-refractivity contribution in [2.45, 2.75) is 51.4 Å². The molecule has 0 aromatic heterocycles. The lowest BCUT2D eigenvalue weighted by Crippen LogP contribution is -2.39. The zero-order chi connectivity index (χ0) is 13.8. The molecule has 0 spiro atoms. The third kappa shape index (κ3) is 6.21. The first-order valence-corrected chi connectivity index (χ1v) is 6.36. The molecule has 0 aliphatic carbocycles. The molecule has 0 fully saturated rings. The zero-order valence-corrected chi connectivity index (χ0v) is 12.5. The molecule has 0 aliphatic heterocycles. The van der Waals surface area contributed by atoms with Crippen molar-refractivity contribution in [1.82, 2.24) is 0 Å². The van der Waals surface area contributed by atoms with Crippen molar-refractivity contribution in [3.63, 3.8) is 0 Å². The van der Waals surface area contributed by atoms with Crippen LogP contribution >= 0.6 is 25.3 Å². The summed E-state index contributed by atoms with van der Waals surface area (Å²) in [7, 11) is 0. The van der Waals surface area contributed by atoms with Crippen molar-refractivity contribution < 1.29 is 19.1 Å². The van der Waals surface area contributed by atoms with Crippen LogP contribution in [0.1, 0.15) is 34.6 Å². The van der Waals surface area contributed by atoms with Crippen LogP contribution in [0.25, 0.3) is 0 Å². The van der Waals surface area contributed by atoms with E-state index in [0.717, 1.165) is 0 Å². The van der Waals surface area contributed by atoms with Crippen molar-refractivity contribution >= 4 is 37.2 Å². The number of carbonyl (C=O) groups excluding carboxylic acids is 2. The van der Waals surface area contributed by atoms with Crippen LogP contribution in [0.2, 0.25) is 0 Å². The number of thiol groups is 2. The highest BCUT2D eigenvalue weighted by atomic mass is 32.1. The quantitative estimate of drug-likeness (QED) is 0.470. The highest BCUT2D eigenvalue weighted by Crippen LogP contribution is 2.25. The minimum atomic E-state index is -0.938. The molecule has 0 radical (unpaired) electrons. The first-order chi connectivity index (χ1) is 7.55. The second-order valence-corrected chi connectivity index (χ2v) is 6.47. The molecular formula is C11H20O4S2. The van der Waals surface area contributed by atoms with Crippen LogP contribution in [0.4, 0.5) is 0 Å². The van der Waals surface area contributed by atoms with E-state index < -0.39 is 34.1 Å². The molecule has 17 heavy (non-hydrogen) atoms. The first kappa shape index (κ1) is 16.6. The largest absolute Gasteiger partial charge is 0.424 e. The van der Waals surface area contributed by atoms with Crippen molar-refractivity contribution in [3.8, 4) is 0 Å². The van der Waals surface area contributed by atoms with Gasteiger partial charge in [-0.15, -0.1) is 0 Å². The minimum Gasteiger partial charge on any atom is -0.424 e. The van der Waals surface area contributed by atoms with Gasteiger partial charge < -0.3 is 9.47 Å². The van der Waals surface area contributed by atoms with E-state index in [1.165, 1.54) is 0 Å². The van der Waals surface area contributed by atoms with Crippen molar-refractivity contribution in [1.29, 1.82) is 0 Å². The lowest BCUT2D eigenvalue weighted by atomic mass is 9.96. The predicted molar refractivity (Wildman–Crippen MR) is 72.3 cm³/mol. The fraction of sp³-hybridized carbons (Fsp3) is 0.818. The Labute approximate surface area is 113 Å². The van der Waals surface area contributed by atoms with Gasteiger partial charge in [0.1, 0.15) is 0 Å². The molecule has 0 saturated carbocycles. The van der Waals surface area contributed by atoms with Gasteiger partial charge in [0.15, 0.2) is 0 Å². The van der Waals surface area contributed by atoms with Crippen LogP contribution in [0, 0.1) is 5.41 Å². The zero-order valence-electron chi connectivity index (χ0n) is 10.8. The molecule has 0 aromatic rings. The standard InChI is InChI=1S/C11H20O4S2/c1-6(16)8(12)14-10(11(3,4)5)15-9(13)7(2)17/h6-7,10,16-17H,1-5H3. The monoisotopic (exact) mass is 280 g/mol. The number of hydrogen-bond donors (Lipinski definition) is 2. The summed E-state index contributed by atoms with van der Waals surface area (Å²) in [6.45, 7) is 8.61. The Kier molecular flexibility index (Phi) is 6.40. The SMILES string of the molecule is CC(S)C(=O)OC(OC(=O)C(C)S)C(C)(C)C. The summed E-state index contributed by atoms with van der Waals surface area (Å²) >= 11 is 7.93. The molecular weight excluding hydrogens is 260 g/mol. The van der Waals surface area contributed by atoms with Crippen LogP contribution in [0.15, 0.2) is 0 Å². The smallest absolute Gasteiger partial charge is 0.321 e. The van der Waals surface area contributed by atoms with E-state index in [0.29, 0.717) is 0 Å². The van der Waals surface area contributed by atoms with Gasteiger partial charge in [-0.05, 0) is 13.8 Å². The molecule has 0 saturated heterocycles.